The second-order valence-corrected chi connectivity index (χ2v) is 32.8. The van der Waals surface area contributed by atoms with Crippen molar-refractivity contribution in [2.75, 3.05) is 0 Å². The van der Waals surface area contributed by atoms with E-state index in [-0.39, 0.29) is 135 Å². The van der Waals surface area contributed by atoms with Gasteiger partial charge in [-0.15, -0.1) is 224 Å². The summed E-state index contributed by atoms with van der Waals surface area (Å²) in [6, 6.07) is 139. The molecule has 0 saturated carbocycles. The molecule has 3 N–H and O–H groups in total. The van der Waals surface area contributed by atoms with E-state index in [4.69, 9.17) is 26.9 Å². The molecule has 0 bridgehead atoms. The number of rotatable bonds is 10. The monoisotopic (exact) mass is 2850 g/mol. The summed E-state index contributed by atoms with van der Waals surface area (Å²) in [6.45, 7) is 9.56. The van der Waals surface area contributed by atoms with Gasteiger partial charge in [-0.05, 0) is 179 Å². The maximum atomic E-state index is 10.0. The van der Waals surface area contributed by atoms with Gasteiger partial charge in [-0.2, -0.15) is 21.3 Å². The SMILES string of the molecule is CC(=O)C=C(C)O.CC(=O)C=C(C)O.CC(=O)C=C(C)O.Clc1ccc(-c2[c-]cccc2)nn1.[Ir].[Ir].[Ir].[Ir].[Ir].[c-]1cc2ccccc2cc1-c1nccc2ccccc12.[c-]1ccc2ccccc2c1-c1cc2ccccc2cn1.[c-]1ccccc1-c1ccccn1.[c-]1ccccc1-c1ccccn1.[c-]1ccccc1-c1nccc2ccccc12.[c-]1cnccc1-c1nccc2ccccc12.c1c[n+]2c(cn1)-c1sccc1C2. The number of aliphatic hydroxyl groups excluding tert-OH is 3. The number of pyridine rings is 7. The summed E-state index contributed by atoms with van der Waals surface area (Å²) in [7, 11) is 0. The zero-order valence-electron chi connectivity index (χ0n) is 80.3. The van der Waals surface area contributed by atoms with Gasteiger partial charge in [0.15, 0.2) is 30.1 Å². The molecular formula is C123H96ClIr5N11O6S-6. The molecule has 0 saturated heterocycles. The van der Waals surface area contributed by atoms with E-state index in [1.54, 1.807) is 42.2 Å². The molecule has 0 amide bonds. The van der Waals surface area contributed by atoms with Crippen molar-refractivity contribution in [1.82, 2.24) is 50.1 Å². The van der Waals surface area contributed by atoms with Crippen LogP contribution >= 0.6 is 22.9 Å². The molecule has 10 aromatic heterocycles. The van der Waals surface area contributed by atoms with Crippen molar-refractivity contribution in [2.24, 2.45) is 0 Å². The summed E-state index contributed by atoms with van der Waals surface area (Å²) >= 11 is 7.41. The summed E-state index contributed by atoms with van der Waals surface area (Å²) in [5, 5.41) is 49.6. The number of hydrogen-bond donors (Lipinski definition) is 3. The van der Waals surface area contributed by atoms with Gasteiger partial charge in [0, 0.05) is 167 Å². The van der Waals surface area contributed by atoms with Crippen LogP contribution in [0.15, 0.2) is 461 Å². The predicted molar refractivity (Wildman–Crippen MR) is 573 cm³/mol. The number of ketones is 3. The first-order valence-corrected chi connectivity index (χ1v) is 46.3. The van der Waals surface area contributed by atoms with Gasteiger partial charge in [0.05, 0.1) is 23.5 Å². The number of allylic oxidation sites excluding steroid dienone is 6. The minimum absolute atomic E-state index is 0. The molecule has 0 aliphatic carbocycles. The van der Waals surface area contributed by atoms with Gasteiger partial charge in [-0.1, -0.05) is 204 Å². The molecular weight excluding hydrogens is 2760 g/mol. The number of aromatic nitrogens is 11. The molecule has 0 atom stereocenters. The van der Waals surface area contributed by atoms with Gasteiger partial charge in [0.25, 0.3) is 0 Å². The van der Waals surface area contributed by atoms with E-state index in [2.05, 4.69) is 236 Å². The third kappa shape index (κ3) is 36.8. The summed E-state index contributed by atoms with van der Waals surface area (Å²) in [5.74, 6) is -0.187. The van der Waals surface area contributed by atoms with Crippen LogP contribution in [0.5, 0.6) is 0 Å². The average Bonchev–Trinajstić information content (AvgIpc) is 1.24. The Kier molecular flexibility index (Phi) is 50.2. The Balaban J connectivity index is 0.000000200. The van der Waals surface area contributed by atoms with Crippen molar-refractivity contribution in [3.63, 3.8) is 0 Å². The van der Waals surface area contributed by atoms with E-state index in [1.165, 1.54) is 130 Å². The zero-order valence-corrected chi connectivity index (χ0v) is 93.8. The fraction of sp³-hybridized carbons (Fsp3) is 0.0569. The molecule has 0 spiro atoms. The topological polar surface area (TPSA) is 245 Å². The summed E-state index contributed by atoms with van der Waals surface area (Å²) in [4.78, 5) is 66.0. The van der Waals surface area contributed by atoms with Crippen LogP contribution in [0.2, 0.25) is 5.15 Å². The quantitative estimate of drug-likeness (QED) is 0.0499. The number of carbonyl (C=O) groups excluding carboxylic acids is 3. The third-order valence-electron chi connectivity index (χ3n) is 20.7. The molecule has 0 unspecified atom stereocenters. The largest absolute Gasteiger partial charge is 0.512 e. The van der Waals surface area contributed by atoms with Crippen LogP contribution in [0, 0.1) is 42.5 Å². The molecule has 23 rings (SSSR count). The fourth-order valence-electron chi connectivity index (χ4n) is 14.5. The van der Waals surface area contributed by atoms with Gasteiger partial charge in [0.1, 0.15) is 16.2 Å². The van der Waals surface area contributed by atoms with Crippen molar-refractivity contribution in [1.29, 1.82) is 0 Å². The van der Waals surface area contributed by atoms with Crippen LogP contribution in [0.3, 0.4) is 0 Å². The predicted octanol–water partition coefficient (Wildman–Crippen LogP) is 28.8. The van der Waals surface area contributed by atoms with Crippen molar-refractivity contribution < 1.29 is 135 Å². The first kappa shape index (κ1) is 118. The molecule has 12 aromatic carbocycles. The number of benzene rings is 12. The van der Waals surface area contributed by atoms with Gasteiger partial charge < -0.3 is 45.2 Å². The second kappa shape index (κ2) is 62.9. The van der Waals surface area contributed by atoms with E-state index in [0.717, 1.165) is 96.1 Å². The van der Waals surface area contributed by atoms with E-state index < -0.39 is 0 Å². The van der Waals surface area contributed by atoms with Crippen molar-refractivity contribution >= 4 is 105 Å². The maximum Gasteiger partial charge on any atom is 0.241 e. The Hall–Kier alpha value is -14.7. The number of aliphatic hydroxyl groups is 3. The van der Waals surface area contributed by atoms with E-state index in [9.17, 15) is 14.4 Å². The Morgan fingerprint density at radius 1 is 0.327 bits per heavy atom. The number of carbonyl (C=O) groups is 3. The van der Waals surface area contributed by atoms with Crippen LogP contribution in [-0.2, 0) is 121 Å². The number of hydrogen-bond acceptors (Lipinski definition) is 17. The van der Waals surface area contributed by atoms with E-state index in [0.29, 0.717) is 5.15 Å². The molecule has 11 heterocycles. The van der Waals surface area contributed by atoms with Crippen molar-refractivity contribution in [2.45, 2.75) is 48.1 Å². The second-order valence-electron chi connectivity index (χ2n) is 31.5. The number of fused-ring (bicyclic) bond motifs is 9. The first-order valence-electron chi connectivity index (χ1n) is 45.1. The van der Waals surface area contributed by atoms with Crippen LogP contribution < -0.4 is 4.57 Å². The number of halogens is 1. The van der Waals surface area contributed by atoms with Gasteiger partial charge in [-0.3, -0.25) is 24.4 Å². The summed E-state index contributed by atoms with van der Waals surface area (Å²) in [5.41, 5.74) is 16.5. The normalized spacial score (nSPS) is 10.4. The molecule has 1 aliphatic rings. The minimum Gasteiger partial charge on any atom is -0.512 e. The standard InChI is InChI=1S/2C19H12N.C15H10N.C14H9N2.2C11H8N.C10H6ClN2.C9H7N2S.3C5H8O2.5Ir/c1-2-8-16-13-20-19(12-15(16)7-1)18-11-5-9-14-6-3-4-10-17(14)18;1-2-7-16-13-17(10-9-14(16)5-1)19-18-8-4-3-6-15(18)11-12-20-19;1-2-7-13(8-3-1)15-14-9-5-4-6-12(14)10-11-16-15;1-2-4-13-11(3-1)7-10-16-14(13)12-5-8-15-9-6-12;2*1-2-6-10(7-3-1)11-8-4-5-9-12-11;11-10-7-6-9(12-13-10)8-4-2-1-3-5-8;1-4-12-9-7(1)6-11-3-2-10-5-8(9)11;3*1-4(6)3-5(2)7;;;;;/h1-10,12-13H;1-9,11-13H;1-7,9-11H;1-5,7-10H;2*1-6,8-9H;1-4,6-7H;1-5H,6H2;3*3,6H,1-2H3;;;;;/q7*-1;+1;;;;;;;;. The minimum atomic E-state index is -0.125. The molecule has 1 aliphatic heterocycles. The average molecular weight is 2850 g/mol. The molecule has 22 aromatic rings. The molecule has 5 radical (unpaired) electrons. The van der Waals surface area contributed by atoms with Gasteiger partial charge in [-0.25, -0.2) is 0 Å². The summed E-state index contributed by atoms with van der Waals surface area (Å²) in [6.07, 6.45) is 23.8. The molecule has 24 heteroatoms. The van der Waals surface area contributed by atoms with Crippen LogP contribution in [0.1, 0.15) is 47.1 Å². The Morgan fingerprint density at radius 3 is 1.18 bits per heavy atom. The van der Waals surface area contributed by atoms with Crippen molar-refractivity contribution in [3.05, 3.63) is 514 Å². The number of thiophene rings is 1. The van der Waals surface area contributed by atoms with Gasteiger partial charge in [0.2, 0.25) is 5.69 Å². The van der Waals surface area contributed by atoms with E-state index >= 15 is 0 Å². The van der Waals surface area contributed by atoms with Crippen LogP contribution in [0.4, 0.5) is 0 Å². The Labute approximate surface area is 932 Å². The fourth-order valence-corrected chi connectivity index (χ4v) is 15.5. The summed E-state index contributed by atoms with van der Waals surface area (Å²) < 4.78 is 2.23. The zero-order chi connectivity index (χ0) is 99.4. The van der Waals surface area contributed by atoms with Crippen LogP contribution in [0.25, 0.3) is 154 Å². The van der Waals surface area contributed by atoms with E-state index in [1.807, 2.05) is 256 Å². The Morgan fingerprint density at radius 2 is 0.748 bits per heavy atom. The Bertz CT molecular complexity index is 7450. The number of nitrogens with zero attached hydrogens (tertiary/aromatic N) is 11. The molecule has 743 valence electrons. The van der Waals surface area contributed by atoms with Crippen LogP contribution in [-0.4, -0.2) is 82.7 Å². The first-order chi connectivity index (χ1) is 69.4. The van der Waals surface area contributed by atoms with Gasteiger partial charge >= 0.3 is 0 Å². The third-order valence-corrected chi connectivity index (χ3v) is 21.9. The maximum absolute atomic E-state index is 10.0. The molecule has 0 fully saturated rings. The smallest absolute Gasteiger partial charge is 0.241 e. The molecule has 17 nitrogen and oxygen atoms in total. The molecule has 147 heavy (non-hydrogen) atoms. The van der Waals surface area contributed by atoms with Crippen molar-refractivity contribution in [3.8, 4) is 89.4 Å².